The molecule has 3 nitrogen and oxygen atoms in total. The van der Waals surface area contributed by atoms with Gasteiger partial charge in [-0.25, -0.2) is 0 Å². The SMILES string of the molecule is CCN(CC)C(=O)c1cc(C(C)(C)C)ccc1OC. The van der Waals surface area contributed by atoms with Gasteiger partial charge in [-0.2, -0.15) is 0 Å². The molecule has 0 saturated carbocycles. The van der Waals surface area contributed by atoms with Gasteiger partial charge in [0.25, 0.3) is 5.91 Å². The summed E-state index contributed by atoms with van der Waals surface area (Å²) in [5.41, 5.74) is 1.81. The number of carbonyl (C=O) groups is 1. The number of benzene rings is 1. The summed E-state index contributed by atoms with van der Waals surface area (Å²) in [6.07, 6.45) is 0. The Balaban J connectivity index is 3.27. The molecule has 0 bridgehead atoms. The van der Waals surface area contributed by atoms with Crippen LogP contribution in [0.3, 0.4) is 0 Å². The molecule has 0 aliphatic heterocycles. The van der Waals surface area contributed by atoms with Gasteiger partial charge in [-0.15, -0.1) is 0 Å². The molecule has 0 aliphatic carbocycles. The van der Waals surface area contributed by atoms with Crippen molar-refractivity contribution in [2.45, 2.75) is 40.0 Å². The van der Waals surface area contributed by atoms with Crippen molar-refractivity contribution in [3.05, 3.63) is 29.3 Å². The molecule has 1 aromatic rings. The highest BCUT2D eigenvalue weighted by molar-refractivity contribution is 5.97. The predicted octanol–water partition coefficient (Wildman–Crippen LogP) is 3.47. The summed E-state index contributed by atoms with van der Waals surface area (Å²) in [5.74, 6) is 0.679. The van der Waals surface area contributed by atoms with E-state index >= 15 is 0 Å². The van der Waals surface area contributed by atoms with E-state index in [1.54, 1.807) is 7.11 Å². The van der Waals surface area contributed by atoms with Gasteiger partial charge in [-0.3, -0.25) is 4.79 Å². The number of carbonyl (C=O) groups excluding carboxylic acids is 1. The van der Waals surface area contributed by atoms with E-state index < -0.39 is 0 Å². The average molecular weight is 263 g/mol. The zero-order valence-corrected chi connectivity index (χ0v) is 12.9. The van der Waals surface area contributed by atoms with Crippen molar-refractivity contribution in [1.29, 1.82) is 0 Å². The van der Waals surface area contributed by atoms with Crippen LogP contribution in [0.2, 0.25) is 0 Å². The monoisotopic (exact) mass is 263 g/mol. The fourth-order valence-electron chi connectivity index (χ4n) is 2.02. The summed E-state index contributed by atoms with van der Waals surface area (Å²) < 4.78 is 5.33. The van der Waals surface area contributed by atoms with Crippen LogP contribution in [0.1, 0.15) is 50.5 Å². The Hall–Kier alpha value is -1.51. The molecule has 19 heavy (non-hydrogen) atoms. The van der Waals surface area contributed by atoms with Crippen LogP contribution in [0, 0.1) is 0 Å². The lowest BCUT2D eigenvalue weighted by atomic mass is 9.86. The van der Waals surface area contributed by atoms with E-state index in [-0.39, 0.29) is 11.3 Å². The quantitative estimate of drug-likeness (QED) is 0.832. The third-order valence-corrected chi connectivity index (χ3v) is 3.35. The van der Waals surface area contributed by atoms with Gasteiger partial charge >= 0.3 is 0 Å². The van der Waals surface area contributed by atoms with Crippen LogP contribution < -0.4 is 4.74 Å². The molecule has 3 heteroatoms. The highest BCUT2D eigenvalue weighted by Gasteiger charge is 2.21. The summed E-state index contributed by atoms with van der Waals surface area (Å²) in [6.45, 7) is 11.8. The Bertz CT molecular complexity index is 443. The second-order valence-electron chi connectivity index (χ2n) is 5.64. The third kappa shape index (κ3) is 3.49. The average Bonchev–Trinajstić information content (AvgIpc) is 2.38. The van der Waals surface area contributed by atoms with Crippen LogP contribution in [-0.4, -0.2) is 31.0 Å². The summed E-state index contributed by atoms with van der Waals surface area (Å²) in [6, 6.07) is 5.87. The molecule has 0 spiro atoms. The van der Waals surface area contributed by atoms with E-state index in [2.05, 4.69) is 20.8 Å². The van der Waals surface area contributed by atoms with Crippen molar-refractivity contribution in [3.63, 3.8) is 0 Å². The minimum atomic E-state index is 0.0184. The van der Waals surface area contributed by atoms with Crippen molar-refractivity contribution in [2.75, 3.05) is 20.2 Å². The maximum Gasteiger partial charge on any atom is 0.257 e. The summed E-state index contributed by atoms with van der Waals surface area (Å²) in [7, 11) is 1.60. The number of nitrogens with zero attached hydrogens (tertiary/aromatic N) is 1. The minimum Gasteiger partial charge on any atom is -0.496 e. The van der Waals surface area contributed by atoms with Crippen molar-refractivity contribution < 1.29 is 9.53 Å². The molecule has 1 amide bonds. The number of hydrogen-bond acceptors (Lipinski definition) is 2. The van der Waals surface area contributed by atoms with Gasteiger partial charge in [0.05, 0.1) is 12.7 Å². The zero-order valence-electron chi connectivity index (χ0n) is 12.9. The van der Waals surface area contributed by atoms with E-state index in [0.717, 1.165) is 5.56 Å². The molecule has 1 aromatic carbocycles. The number of methoxy groups -OCH3 is 1. The van der Waals surface area contributed by atoms with Gasteiger partial charge < -0.3 is 9.64 Å². The fourth-order valence-corrected chi connectivity index (χ4v) is 2.02. The van der Waals surface area contributed by atoms with Gasteiger partial charge in [-0.1, -0.05) is 26.8 Å². The molecule has 106 valence electrons. The van der Waals surface area contributed by atoms with Crippen molar-refractivity contribution in [3.8, 4) is 5.75 Å². The van der Waals surface area contributed by atoms with Crippen molar-refractivity contribution in [2.24, 2.45) is 0 Å². The normalized spacial score (nSPS) is 11.3. The van der Waals surface area contributed by atoms with Crippen LogP contribution in [0.15, 0.2) is 18.2 Å². The fraction of sp³-hybridized carbons (Fsp3) is 0.562. The molecule has 0 fully saturated rings. The number of rotatable bonds is 4. The summed E-state index contributed by atoms with van der Waals surface area (Å²) in [4.78, 5) is 14.3. The maximum absolute atomic E-state index is 12.5. The van der Waals surface area contributed by atoms with Crippen LogP contribution in [0.5, 0.6) is 5.75 Å². The molecule has 0 aliphatic rings. The van der Waals surface area contributed by atoms with E-state index in [1.165, 1.54) is 0 Å². The van der Waals surface area contributed by atoms with E-state index in [9.17, 15) is 4.79 Å². The highest BCUT2D eigenvalue weighted by atomic mass is 16.5. The second-order valence-corrected chi connectivity index (χ2v) is 5.64. The lowest BCUT2D eigenvalue weighted by Gasteiger charge is -2.23. The summed E-state index contributed by atoms with van der Waals surface area (Å²) in [5, 5.41) is 0. The Morgan fingerprint density at radius 2 is 1.79 bits per heavy atom. The van der Waals surface area contributed by atoms with E-state index in [1.807, 2.05) is 36.9 Å². The smallest absolute Gasteiger partial charge is 0.257 e. The Morgan fingerprint density at radius 1 is 1.21 bits per heavy atom. The maximum atomic E-state index is 12.5. The first-order valence-corrected chi connectivity index (χ1v) is 6.82. The van der Waals surface area contributed by atoms with Crippen LogP contribution >= 0.6 is 0 Å². The lowest BCUT2D eigenvalue weighted by molar-refractivity contribution is 0.0769. The van der Waals surface area contributed by atoms with Gasteiger partial charge in [0.15, 0.2) is 0 Å². The highest BCUT2D eigenvalue weighted by Crippen LogP contribution is 2.28. The van der Waals surface area contributed by atoms with Crippen LogP contribution in [0.25, 0.3) is 0 Å². The van der Waals surface area contributed by atoms with Crippen molar-refractivity contribution >= 4 is 5.91 Å². The van der Waals surface area contributed by atoms with E-state index in [0.29, 0.717) is 24.4 Å². The Labute approximate surface area is 116 Å². The predicted molar refractivity (Wildman–Crippen MR) is 78.9 cm³/mol. The molecule has 0 unspecified atom stereocenters. The Kier molecular flexibility index (Phi) is 4.98. The molecule has 0 heterocycles. The topological polar surface area (TPSA) is 29.5 Å². The number of hydrogen-bond donors (Lipinski definition) is 0. The van der Waals surface area contributed by atoms with Gasteiger partial charge in [-0.05, 0) is 37.0 Å². The van der Waals surface area contributed by atoms with Gasteiger partial charge in [0.1, 0.15) is 5.75 Å². The summed E-state index contributed by atoms with van der Waals surface area (Å²) >= 11 is 0. The lowest BCUT2D eigenvalue weighted by Crippen LogP contribution is -2.31. The first kappa shape index (κ1) is 15.5. The molecular formula is C16H25NO2. The number of amides is 1. The molecule has 0 aromatic heterocycles. The second kappa shape index (κ2) is 6.09. The zero-order chi connectivity index (χ0) is 14.6. The van der Waals surface area contributed by atoms with E-state index in [4.69, 9.17) is 4.74 Å². The molecule has 0 N–H and O–H groups in total. The molecule has 1 rings (SSSR count). The van der Waals surface area contributed by atoms with Crippen molar-refractivity contribution in [1.82, 2.24) is 4.90 Å². The Morgan fingerprint density at radius 3 is 2.21 bits per heavy atom. The van der Waals surface area contributed by atoms with Gasteiger partial charge in [0.2, 0.25) is 0 Å². The molecule has 0 radical (unpaired) electrons. The first-order valence-electron chi connectivity index (χ1n) is 6.82. The minimum absolute atomic E-state index is 0.0184. The molecule has 0 atom stereocenters. The first-order chi connectivity index (χ1) is 8.85. The third-order valence-electron chi connectivity index (χ3n) is 3.35. The van der Waals surface area contributed by atoms with Gasteiger partial charge in [0, 0.05) is 13.1 Å². The van der Waals surface area contributed by atoms with Crippen LogP contribution in [-0.2, 0) is 5.41 Å². The standard InChI is InChI=1S/C16H25NO2/c1-7-17(8-2)15(18)13-11-12(16(3,4)5)9-10-14(13)19-6/h9-11H,7-8H2,1-6H3. The molecular weight excluding hydrogens is 238 g/mol. The largest absolute Gasteiger partial charge is 0.496 e. The number of ether oxygens (including phenoxy) is 1. The molecule has 0 saturated heterocycles. The van der Waals surface area contributed by atoms with Crippen LogP contribution in [0.4, 0.5) is 0 Å².